The molecule has 0 bridgehead atoms. The highest BCUT2D eigenvalue weighted by molar-refractivity contribution is 5.89. The number of hydrogen-bond acceptors (Lipinski definition) is 7. The van der Waals surface area contributed by atoms with E-state index in [4.69, 9.17) is 18.9 Å². The Bertz CT molecular complexity index is 1330. The van der Waals surface area contributed by atoms with Crippen LogP contribution in [-0.4, -0.2) is 56.0 Å². The van der Waals surface area contributed by atoms with Crippen LogP contribution in [0, 0.1) is 0 Å². The Balaban J connectivity index is 1.35. The van der Waals surface area contributed by atoms with E-state index in [9.17, 15) is 9.90 Å². The normalized spacial score (nSPS) is 20.6. The fourth-order valence-electron chi connectivity index (χ4n) is 5.52. The van der Waals surface area contributed by atoms with Crippen molar-refractivity contribution >= 4 is 11.7 Å². The summed E-state index contributed by atoms with van der Waals surface area (Å²) in [4.78, 5) is 14.5. The Morgan fingerprint density at radius 2 is 1.76 bits per heavy atom. The van der Waals surface area contributed by atoms with Crippen LogP contribution < -0.4 is 20.1 Å². The first kappa shape index (κ1) is 28.9. The van der Waals surface area contributed by atoms with Gasteiger partial charge in [0.25, 0.3) is 0 Å². The lowest BCUT2D eigenvalue weighted by molar-refractivity contribution is -0.253. The molecular weight excluding hydrogens is 522 g/mol. The molecule has 1 fully saturated rings. The van der Waals surface area contributed by atoms with Gasteiger partial charge in [-0.15, -0.1) is 0 Å². The molecule has 0 aliphatic carbocycles. The van der Waals surface area contributed by atoms with Gasteiger partial charge in [0.1, 0.15) is 0 Å². The third-order valence-electron chi connectivity index (χ3n) is 7.63. The summed E-state index contributed by atoms with van der Waals surface area (Å²) < 4.78 is 24.1. The number of amides is 2. The molecular formula is C32H39N3O6. The molecule has 1 unspecified atom stereocenters. The summed E-state index contributed by atoms with van der Waals surface area (Å²) in [6.07, 6.45) is 0.739. The number of hydrogen-bond donors (Lipinski definition) is 3. The molecule has 0 spiro atoms. The van der Waals surface area contributed by atoms with Gasteiger partial charge >= 0.3 is 6.03 Å². The van der Waals surface area contributed by atoms with E-state index in [1.54, 1.807) is 14.2 Å². The largest absolute Gasteiger partial charge is 0.493 e. The van der Waals surface area contributed by atoms with Crippen LogP contribution in [0.15, 0.2) is 60.7 Å². The van der Waals surface area contributed by atoms with E-state index in [2.05, 4.69) is 27.7 Å². The number of carbonyl (C=O) groups excluding carboxylic acids is 1. The maximum atomic E-state index is 12.1. The molecule has 3 aromatic carbocycles. The fraction of sp³-hybridized carbons (Fsp3) is 0.406. The van der Waals surface area contributed by atoms with Gasteiger partial charge in [-0.3, -0.25) is 4.90 Å². The molecule has 0 saturated carbocycles. The van der Waals surface area contributed by atoms with Gasteiger partial charge in [-0.2, -0.15) is 0 Å². The SMILES string of the molecule is CCNC(=O)Nc1cccc(C2O[C@H](CN3CCc4cc(OC)c(OC)cc4C3)C[C@H](c3ccc(CO)cc3)O2)c1. The zero-order valence-corrected chi connectivity index (χ0v) is 23.9. The molecule has 3 aromatic rings. The van der Waals surface area contributed by atoms with Crippen molar-refractivity contribution in [3.63, 3.8) is 0 Å². The first-order valence-electron chi connectivity index (χ1n) is 14.1. The highest BCUT2D eigenvalue weighted by atomic mass is 16.7. The van der Waals surface area contributed by atoms with Crippen molar-refractivity contribution < 1.29 is 28.8 Å². The summed E-state index contributed by atoms with van der Waals surface area (Å²) in [7, 11) is 3.33. The van der Waals surface area contributed by atoms with E-state index in [-0.39, 0.29) is 24.8 Å². The summed E-state index contributed by atoms with van der Waals surface area (Å²) in [6.45, 7) is 4.87. The molecule has 5 rings (SSSR count). The second-order valence-electron chi connectivity index (χ2n) is 10.4. The zero-order chi connectivity index (χ0) is 28.8. The summed E-state index contributed by atoms with van der Waals surface area (Å²) in [5, 5.41) is 15.1. The number of aliphatic hydroxyl groups is 1. The Morgan fingerprint density at radius 3 is 2.46 bits per heavy atom. The minimum atomic E-state index is -0.603. The smallest absolute Gasteiger partial charge is 0.319 e. The lowest BCUT2D eigenvalue weighted by atomic mass is 9.97. The number of methoxy groups -OCH3 is 2. The average molecular weight is 562 g/mol. The van der Waals surface area contributed by atoms with E-state index in [0.29, 0.717) is 18.7 Å². The second kappa shape index (κ2) is 13.4. The second-order valence-corrected chi connectivity index (χ2v) is 10.4. The van der Waals surface area contributed by atoms with Crippen LogP contribution in [0.2, 0.25) is 0 Å². The van der Waals surface area contributed by atoms with Crippen molar-refractivity contribution in [3.8, 4) is 11.5 Å². The van der Waals surface area contributed by atoms with Crippen LogP contribution in [0.1, 0.15) is 53.6 Å². The van der Waals surface area contributed by atoms with E-state index in [1.165, 1.54) is 11.1 Å². The highest BCUT2D eigenvalue weighted by Crippen LogP contribution is 2.39. The topological polar surface area (TPSA) is 102 Å². The van der Waals surface area contributed by atoms with E-state index in [0.717, 1.165) is 54.2 Å². The third-order valence-corrected chi connectivity index (χ3v) is 7.63. The Labute approximate surface area is 241 Å². The van der Waals surface area contributed by atoms with Crippen molar-refractivity contribution in [2.24, 2.45) is 0 Å². The number of rotatable bonds is 9. The Morgan fingerprint density at radius 1 is 1.00 bits per heavy atom. The number of ether oxygens (including phenoxy) is 4. The average Bonchev–Trinajstić information content (AvgIpc) is 3.00. The maximum Gasteiger partial charge on any atom is 0.319 e. The van der Waals surface area contributed by atoms with Crippen LogP contribution in [0.5, 0.6) is 11.5 Å². The molecule has 9 heteroatoms. The number of benzene rings is 3. The summed E-state index contributed by atoms with van der Waals surface area (Å²) in [5.74, 6) is 1.50. The zero-order valence-electron chi connectivity index (χ0n) is 23.9. The summed E-state index contributed by atoms with van der Waals surface area (Å²) in [6, 6.07) is 19.4. The Kier molecular flexibility index (Phi) is 9.41. The molecule has 2 heterocycles. The quantitative estimate of drug-likeness (QED) is 0.340. The molecule has 3 atom stereocenters. The van der Waals surface area contributed by atoms with Crippen molar-refractivity contribution in [1.29, 1.82) is 0 Å². The molecule has 2 aliphatic rings. The number of nitrogens with one attached hydrogen (secondary N) is 2. The molecule has 2 aliphatic heterocycles. The summed E-state index contributed by atoms with van der Waals surface area (Å²) >= 11 is 0. The third kappa shape index (κ3) is 7.00. The molecule has 2 amide bonds. The number of urea groups is 1. The van der Waals surface area contributed by atoms with E-state index >= 15 is 0 Å². The van der Waals surface area contributed by atoms with Gasteiger partial charge < -0.3 is 34.7 Å². The van der Waals surface area contributed by atoms with Crippen molar-refractivity contribution in [2.75, 3.05) is 39.2 Å². The number of aliphatic hydroxyl groups excluding tert-OH is 1. The molecule has 9 nitrogen and oxygen atoms in total. The maximum absolute atomic E-state index is 12.1. The van der Waals surface area contributed by atoms with Crippen LogP contribution in [-0.2, 0) is 29.0 Å². The number of carbonyl (C=O) groups is 1. The number of fused-ring (bicyclic) bond motifs is 1. The van der Waals surface area contributed by atoms with Gasteiger partial charge in [-0.1, -0.05) is 36.4 Å². The first-order chi connectivity index (χ1) is 20.0. The summed E-state index contributed by atoms with van der Waals surface area (Å²) in [5.41, 5.74) is 5.92. The number of anilines is 1. The van der Waals surface area contributed by atoms with Gasteiger partial charge in [0.2, 0.25) is 0 Å². The lowest BCUT2D eigenvalue weighted by Crippen LogP contribution is -2.41. The Hall–Kier alpha value is -3.63. The fourth-order valence-corrected chi connectivity index (χ4v) is 5.52. The molecule has 0 aromatic heterocycles. The molecule has 41 heavy (non-hydrogen) atoms. The van der Waals surface area contributed by atoms with Crippen molar-refractivity contribution in [3.05, 3.63) is 88.5 Å². The van der Waals surface area contributed by atoms with Crippen molar-refractivity contribution in [2.45, 2.75) is 51.4 Å². The lowest BCUT2D eigenvalue weighted by Gasteiger charge is -2.39. The highest BCUT2D eigenvalue weighted by Gasteiger charge is 2.34. The van der Waals surface area contributed by atoms with Gasteiger partial charge in [0, 0.05) is 43.9 Å². The molecule has 1 saturated heterocycles. The predicted octanol–water partition coefficient (Wildman–Crippen LogP) is 4.94. The van der Waals surface area contributed by atoms with Crippen LogP contribution >= 0.6 is 0 Å². The number of nitrogens with zero attached hydrogens (tertiary/aromatic N) is 1. The van der Waals surface area contributed by atoms with Crippen LogP contribution in [0.25, 0.3) is 0 Å². The van der Waals surface area contributed by atoms with Crippen molar-refractivity contribution in [1.82, 2.24) is 10.2 Å². The van der Waals surface area contributed by atoms with Crippen LogP contribution in [0.3, 0.4) is 0 Å². The van der Waals surface area contributed by atoms with Gasteiger partial charge in [0.05, 0.1) is 33.0 Å². The van der Waals surface area contributed by atoms with Gasteiger partial charge in [-0.05, 0) is 59.9 Å². The first-order valence-corrected chi connectivity index (χ1v) is 14.1. The molecule has 218 valence electrons. The monoisotopic (exact) mass is 561 g/mol. The standard InChI is InChI=1S/C32H39N3O6/c1-4-33-32(37)34-26-7-5-6-24(14-26)31-40-27(17-28(41-31)22-10-8-21(20-36)9-11-22)19-35-13-12-23-15-29(38-2)30(39-3)16-25(23)18-35/h5-11,14-16,27-28,31,36H,4,12-13,17-20H2,1-3H3,(H2,33,34,37)/t27-,28+,31?/m0/s1. The van der Waals surface area contributed by atoms with E-state index in [1.807, 2.05) is 55.5 Å². The van der Waals surface area contributed by atoms with Crippen LogP contribution in [0.4, 0.5) is 10.5 Å². The molecule has 3 N–H and O–H groups in total. The minimum absolute atomic E-state index is 0.00133. The molecule has 0 radical (unpaired) electrons. The van der Waals surface area contributed by atoms with E-state index < -0.39 is 6.29 Å². The van der Waals surface area contributed by atoms with Gasteiger partial charge in [-0.25, -0.2) is 4.79 Å². The minimum Gasteiger partial charge on any atom is -0.493 e. The van der Waals surface area contributed by atoms with Gasteiger partial charge in [0.15, 0.2) is 17.8 Å². The predicted molar refractivity (Wildman–Crippen MR) is 156 cm³/mol.